The summed E-state index contributed by atoms with van der Waals surface area (Å²) in [7, 11) is 0. The molecule has 1 aromatic heterocycles. The van der Waals surface area contributed by atoms with E-state index in [1.54, 1.807) is 17.8 Å². The number of hydrogen-bond acceptors (Lipinski definition) is 4. The summed E-state index contributed by atoms with van der Waals surface area (Å²) in [4.78, 5) is 11.6. The van der Waals surface area contributed by atoms with E-state index in [2.05, 4.69) is 5.10 Å². The van der Waals surface area contributed by atoms with Crippen LogP contribution in [0.2, 0.25) is 0 Å². The van der Waals surface area contributed by atoms with Gasteiger partial charge in [0.2, 0.25) is 0 Å². The minimum absolute atomic E-state index is 0.0778. The van der Waals surface area contributed by atoms with Crippen LogP contribution in [-0.2, 0) is 11.3 Å². The Morgan fingerprint density at radius 3 is 2.95 bits per heavy atom. The minimum Gasteiger partial charge on any atom is -0.462 e. The maximum atomic E-state index is 11.6. The van der Waals surface area contributed by atoms with Crippen molar-refractivity contribution in [3.05, 3.63) is 47.3 Å². The molecule has 1 heterocycles. The van der Waals surface area contributed by atoms with Crippen LogP contribution in [0.3, 0.4) is 0 Å². The van der Waals surface area contributed by atoms with Gasteiger partial charge in [-0.1, -0.05) is 17.7 Å². The molecule has 100 valence electrons. The molecule has 1 aromatic carbocycles. The molecule has 0 aliphatic carbocycles. The Kier molecular flexibility index (Phi) is 3.97. The van der Waals surface area contributed by atoms with Crippen molar-refractivity contribution < 1.29 is 14.6 Å². The fraction of sp³-hybridized carbons (Fsp3) is 0.286. The molecule has 0 atom stereocenters. The molecule has 2 aromatic rings. The summed E-state index contributed by atoms with van der Waals surface area (Å²) >= 11 is 0. The van der Waals surface area contributed by atoms with Gasteiger partial charge in [-0.15, -0.1) is 0 Å². The summed E-state index contributed by atoms with van der Waals surface area (Å²) in [5.74, 6) is -0.397. The largest absolute Gasteiger partial charge is 0.462 e. The first-order valence-corrected chi connectivity index (χ1v) is 6.08. The fourth-order valence-corrected chi connectivity index (χ4v) is 1.84. The van der Waals surface area contributed by atoms with E-state index in [0.717, 1.165) is 16.8 Å². The molecule has 0 saturated carbocycles. The molecule has 2 rings (SSSR count). The maximum absolute atomic E-state index is 11.6. The number of aliphatic hydroxyl groups excluding tert-OH is 1. The summed E-state index contributed by atoms with van der Waals surface area (Å²) in [5, 5.41) is 13.5. The molecule has 0 aliphatic heterocycles. The monoisotopic (exact) mass is 260 g/mol. The first-order chi connectivity index (χ1) is 9.15. The fourth-order valence-electron chi connectivity index (χ4n) is 1.84. The van der Waals surface area contributed by atoms with Crippen LogP contribution in [0.1, 0.15) is 28.4 Å². The number of carbonyl (C=O) groups excluding carboxylic acids is 1. The van der Waals surface area contributed by atoms with E-state index in [4.69, 9.17) is 4.74 Å². The number of esters is 1. The van der Waals surface area contributed by atoms with E-state index in [-0.39, 0.29) is 6.61 Å². The van der Waals surface area contributed by atoms with Gasteiger partial charge in [-0.2, -0.15) is 5.10 Å². The number of carbonyl (C=O) groups is 1. The van der Waals surface area contributed by atoms with E-state index in [1.165, 1.54) is 6.20 Å². The van der Waals surface area contributed by atoms with Crippen LogP contribution < -0.4 is 0 Å². The quantitative estimate of drug-likeness (QED) is 0.852. The van der Waals surface area contributed by atoms with Crippen LogP contribution in [0.4, 0.5) is 0 Å². The van der Waals surface area contributed by atoms with E-state index in [1.807, 2.05) is 25.1 Å². The third-order valence-corrected chi connectivity index (χ3v) is 2.75. The molecule has 0 bridgehead atoms. The van der Waals surface area contributed by atoms with Crippen molar-refractivity contribution >= 4 is 5.97 Å². The maximum Gasteiger partial charge on any atom is 0.341 e. The highest BCUT2D eigenvalue weighted by Crippen LogP contribution is 2.17. The molecule has 0 fully saturated rings. The number of benzene rings is 1. The Morgan fingerprint density at radius 2 is 2.26 bits per heavy atom. The third-order valence-electron chi connectivity index (χ3n) is 2.75. The predicted molar refractivity (Wildman–Crippen MR) is 70.2 cm³/mol. The van der Waals surface area contributed by atoms with Crippen molar-refractivity contribution in [3.63, 3.8) is 0 Å². The highest BCUT2D eigenvalue weighted by molar-refractivity contribution is 5.88. The van der Waals surface area contributed by atoms with Crippen LogP contribution in [-0.4, -0.2) is 27.5 Å². The number of hydrogen-bond donors (Lipinski definition) is 1. The average Bonchev–Trinajstić information content (AvgIpc) is 2.88. The molecule has 0 spiro atoms. The first-order valence-electron chi connectivity index (χ1n) is 6.08. The molecule has 0 amide bonds. The van der Waals surface area contributed by atoms with Gasteiger partial charge < -0.3 is 9.84 Å². The molecular formula is C14H16N2O3. The zero-order chi connectivity index (χ0) is 13.8. The lowest BCUT2D eigenvalue weighted by Gasteiger charge is -2.08. The van der Waals surface area contributed by atoms with Crippen molar-refractivity contribution in [1.29, 1.82) is 0 Å². The Bertz CT molecular complexity index is 590. The second-order valence-corrected chi connectivity index (χ2v) is 4.18. The van der Waals surface area contributed by atoms with Crippen LogP contribution in [0, 0.1) is 6.92 Å². The van der Waals surface area contributed by atoms with Crippen molar-refractivity contribution in [1.82, 2.24) is 9.78 Å². The zero-order valence-electron chi connectivity index (χ0n) is 11.0. The molecular weight excluding hydrogens is 244 g/mol. The number of aliphatic hydroxyl groups is 1. The van der Waals surface area contributed by atoms with E-state index >= 15 is 0 Å². The second kappa shape index (κ2) is 5.67. The number of rotatable bonds is 4. The predicted octanol–water partition coefficient (Wildman–Crippen LogP) is 1.85. The van der Waals surface area contributed by atoms with Gasteiger partial charge in [-0.05, 0) is 19.9 Å². The lowest BCUT2D eigenvalue weighted by atomic mass is 10.1. The van der Waals surface area contributed by atoms with E-state index in [9.17, 15) is 9.90 Å². The molecule has 19 heavy (non-hydrogen) atoms. The average molecular weight is 260 g/mol. The lowest BCUT2D eigenvalue weighted by molar-refractivity contribution is 0.0526. The standard InChI is InChI=1S/C14H16N2O3/c1-3-19-14(18)12-7-15-16(8-12)13-5-4-10(2)6-11(13)9-17/h4-8,17H,3,9H2,1-2H3. The Hall–Kier alpha value is -2.14. The minimum atomic E-state index is -0.397. The molecule has 0 radical (unpaired) electrons. The summed E-state index contributed by atoms with van der Waals surface area (Å²) < 4.78 is 6.48. The van der Waals surface area contributed by atoms with Gasteiger partial charge in [-0.3, -0.25) is 0 Å². The lowest BCUT2D eigenvalue weighted by Crippen LogP contribution is -2.04. The smallest absolute Gasteiger partial charge is 0.341 e. The Labute approximate surface area is 111 Å². The van der Waals surface area contributed by atoms with Gasteiger partial charge in [0, 0.05) is 11.8 Å². The van der Waals surface area contributed by atoms with Crippen molar-refractivity contribution in [2.75, 3.05) is 6.61 Å². The summed E-state index contributed by atoms with van der Waals surface area (Å²) in [5.41, 5.74) is 2.97. The highest BCUT2D eigenvalue weighted by atomic mass is 16.5. The normalized spacial score (nSPS) is 10.5. The van der Waals surface area contributed by atoms with Gasteiger partial charge in [0.15, 0.2) is 0 Å². The van der Waals surface area contributed by atoms with Crippen molar-refractivity contribution in [3.8, 4) is 5.69 Å². The SMILES string of the molecule is CCOC(=O)c1cnn(-c2ccc(C)cc2CO)c1. The van der Waals surface area contributed by atoms with Crippen LogP contribution in [0.15, 0.2) is 30.6 Å². The molecule has 5 nitrogen and oxygen atoms in total. The zero-order valence-corrected chi connectivity index (χ0v) is 11.0. The summed E-state index contributed by atoms with van der Waals surface area (Å²) in [6, 6.07) is 5.68. The second-order valence-electron chi connectivity index (χ2n) is 4.18. The third kappa shape index (κ3) is 2.82. The van der Waals surface area contributed by atoms with Crippen molar-refractivity contribution in [2.24, 2.45) is 0 Å². The van der Waals surface area contributed by atoms with Gasteiger partial charge >= 0.3 is 5.97 Å². The molecule has 5 heteroatoms. The molecule has 0 saturated heterocycles. The van der Waals surface area contributed by atoms with E-state index < -0.39 is 5.97 Å². The van der Waals surface area contributed by atoms with Gasteiger partial charge in [0.1, 0.15) is 0 Å². The first kappa shape index (κ1) is 13.3. The summed E-state index contributed by atoms with van der Waals surface area (Å²) in [6.07, 6.45) is 3.06. The Balaban J connectivity index is 2.35. The van der Waals surface area contributed by atoms with Gasteiger partial charge in [0.05, 0.1) is 30.7 Å². The van der Waals surface area contributed by atoms with Gasteiger partial charge in [0.25, 0.3) is 0 Å². The number of aromatic nitrogens is 2. The van der Waals surface area contributed by atoms with Crippen molar-refractivity contribution in [2.45, 2.75) is 20.5 Å². The Morgan fingerprint density at radius 1 is 1.47 bits per heavy atom. The number of ether oxygens (including phenoxy) is 1. The van der Waals surface area contributed by atoms with E-state index in [0.29, 0.717) is 12.2 Å². The van der Waals surface area contributed by atoms with Crippen LogP contribution in [0.25, 0.3) is 5.69 Å². The molecule has 0 aliphatic rings. The number of aryl methyl sites for hydroxylation is 1. The summed E-state index contributed by atoms with van der Waals surface area (Å²) in [6.45, 7) is 3.96. The molecule has 0 unspecified atom stereocenters. The molecule has 1 N–H and O–H groups in total. The van der Waals surface area contributed by atoms with Crippen LogP contribution >= 0.6 is 0 Å². The highest BCUT2D eigenvalue weighted by Gasteiger charge is 2.11. The number of nitrogens with zero attached hydrogens (tertiary/aromatic N) is 2. The van der Waals surface area contributed by atoms with Gasteiger partial charge in [-0.25, -0.2) is 9.48 Å². The topological polar surface area (TPSA) is 64.3 Å². The van der Waals surface area contributed by atoms with Crippen LogP contribution in [0.5, 0.6) is 0 Å².